The highest BCUT2D eigenvalue weighted by molar-refractivity contribution is 5.99. The minimum Gasteiger partial charge on any atom is -0.369 e. The molecule has 2 aromatic heterocycles. The molecule has 8 nitrogen and oxygen atoms in total. The van der Waals surface area contributed by atoms with Gasteiger partial charge in [0.1, 0.15) is 5.65 Å². The Morgan fingerprint density at radius 2 is 1.79 bits per heavy atom. The van der Waals surface area contributed by atoms with Crippen molar-refractivity contribution in [2.75, 3.05) is 48.8 Å². The number of aromatic nitrogens is 3. The van der Waals surface area contributed by atoms with Gasteiger partial charge in [0.15, 0.2) is 0 Å². The van der Waals surface area contributed by atoms with Crippen molar-refractivity contribution in [3.63, 3.8) is 0 Å². The predicted molar refractivity (Wildman–Crippen MR) is 137 cm³/mol. The summed E-state index contributed by atoms with van der Waals surface area (Å²) in [6, 6.07) is 18.0. The zero-order valence-corrected chi connectivity index (χ0v) is 19.1. The van der Waals surface area contributed by atoms with Crippen LogP contribution < -0.4 is 15.5 Å². The molecule has 0 spiro atoms. The van der Waals surface area contributed by atoms with Gasteiger partial charge in [0.2, 0.25) is 11.9 Å². The number of benzene rings is 2. The zero-order chi connectivity index (χ0) is 23.5. The van der Waals surface area contributed by atoms with E-state index in [1.165, 1.54) is 11.8 Å². The van der Waals surface area contributed by atoms with Gasteiger partial charge in [-0.05, 0) is 61.7 Å². The summed E-state index contributed by atoms with van der Waals surface area (Å²) in [6.45, 7) is 7.74. The topological polar surface area (TPSA) is 78.3 Å². The summed E-state index contributed by atoms with van der Waals surface area (Å²) in [7, 11) is 2.16. The Kier molecular flexibility index (Phi) is 5.97. The number of amides is 1. The van der Waals surface area contributed by atoms with Gasteiger partial charge in [-0.25, -0.2) is 4.98 Å². The van der Waals surface area contributed by atoms with Crippen molar-refractivity contribution in [2.45, 2.75) is 0 Å². The molecule has 1 fully saturated rings. The zero-order valence-electron chi connectivity index (χ0n) is 19.1. The number of piperazine rings is 1. The maximum atomic E-state index is 11.7. The monoisotopic (exact) mass is 453 g/mol. The lowest BCUT2D eigenvalue weighted by Gasteiger charge is -2.34. The fraction of sp³-hybridized carbons (Fsp3) is 0.192. The number of fused-ring (bicyclic) bond motifs is 1. The van der Waals surface area contributed by atoms with E-state index < -0.39 is 0 Å². The fourth-order valence-electron chi connectivity index (χ4n) is 4.06. The third kappa shape index (κ3) is 4.62. The number of anilines is 4. The van der Waals surface area contributed by atoms with Gasteiger partial charge < -0.3 is 25.0 Å². The van der Waals surface area contributed by atoms with Crippen LogP contribution >= 0.6 is 0 Å². The van der Waals surface area contributed by atoms with E-state index in [1.54, 1.807) is 0 Å². The van der Waals surface area contributed by atoms with Gasteiger partial charge in [-0.1, -0.05) is 12.6 Å². The quantitative estimate of drug-likeness (QED) is 0.429. The standard InChI is InChI=1S/C26H27N7O/c1-3-24(34)28-21-5-4-6-23(17-21)33-12-11-19-18-27-26(30-25(19)33)29-20-7-9-22(10-8-20)32-15-13-31(2)14-16-32/h3-12,17-18H,1,13-16H2,2H3,(H,28,34)(H,27,29,30). The highest BCUT2D eigenvalue weighted by atomic mass is 16.1. The molecule has 172 valence electrons. The van der Waals surface area contributed by atoms with Gasteiger partial charge in [0.25, 0.3) is 0 Å². The molecular formula is C26H27N7O. The van der Waals surface area contributed by atoms with Crippen molar-refractivity contribution in [3.8, 4) is 5.69 Å². The summed E-state index contributed by atoms with van der Waals surface area (Å²) in [4.78, 5) is 25.7. The average Bonchev–Trinajstić information content (AvgIpc) is 3.28. The molecule has 8 heteroatoms. The Hall–Kier alpha value is -4.17. The number of likely N-dealkylation sites (N-methyl/N-ethyl adjacent to an activating group) is 1. The lowest BCUT2D eigenvalue weighted by atomic mass is 10.2. The Bertz CT molecular complexity index is 1320. The number of nitrogens with one attached hydrogen (secondary N) is 2. The normalized spacial score (nSPS) is 14.2. The molecule has 0 saturated carbocycles. The first-order chi connectivity index (χ1) is 16.6. The molecule has 0 aliphatic carbocycles. The van der Waals surface area contributed by atoms with E-state index in [1.807, 2.05) is 47.3 Å². The van der Waals surface area contributed by atoms with Gasteiger partial charge in [0.05, 0.1) is 0 Å². The summed E-state index contributed by atoms with van der Waals surface area (Å²) in [5, 5.41) is 7.04. The lowest BCUT2D eigenvalue weighted by molar-refractivity contribution is -0.111. The van der Waals surface area contributed by atoms with E-state index >= 15 is 0 Å². The van der Waals surface area contributed by atoms with Crippen LogP contribution in [0.5, 0.6) is 0 Å². The van der Waals surface area contributed by atoms with Crippen molar-refractivity contribution in [3.05, 3.63) is 79.6 Å². The van der Waals surface area contributed by atoms with E-state index in [-0.39, 0.29) is 5.91 Å². The fourth-order valence-corrected chi connectivity index (χ4v) is 4.06. The van der Waals surface area contributed by atoms with Crippen molar-refractivity contribution < 1.29 is 4.79 Å². The second-order valence-corrected chi connectivity index (χ2v) is 8.36. The first-order valence-electron chi connectivity index (χ1n) is 11.3. The molecule has 5 rings (SSSR count). The van der Waals surface area contributed by atoms with Gasteiger partial charge in [-0.3, -0.25) is 4.79 Å². The largest absolute Gasteiger partial charge is 0.369 e. The number of hydrogen-bond donors (Lipinski definition) is 2. The smallest absolute Gasteiger partial charge is 0.247 e. The van der Waals surface area contributed by atoms with Crippen LogP contribution in [0.2, 0.25) is 0 Å². The molecular weight excluding hydrogens is 426 g/mol. The summed E-state index contributed by atoms with van der Waals surface area (Å²) >= 11 is 0. The van der Waals surface area contributed by atoms with Crippen molar-refractivity contribution in [2.24, 2.45) is 0 Å². The molecule has 2 aromatic carbocycles. The molecule has 2 N–H and O–H groups in total. The SMILES string of the molecule is C=CC(=O)Nc1cccc(-n2ccc3cnc(Nc4ccc(N5CCN(C)CC5)cc4)nc32)c1. The van der Waals surface area contributed by atoms with Crippen LogP contribution in [0.25, 0.3) is 16.7 Å². The first kappa shape index (κ1) is 21.7. The molecule has 4 aromatic rings. The van der Waals surface area contributed by atoms with Crippen molar-refractivity contribution >= 4 is 40.0 Å². The molecule has 0 bridgehead atoms. The lowest BCUT2D eigenvalue weighted by Crippen LogP contribution is -2.44. The molecule has 34 heavy (non-hydrogen) atoms. The molecule has 0 unspecified atom stereocenters. The van der Waals surface area contributed by atoms with Crippen molar-refractivity contribution in [1.82, 2.24) is 19.4 Å². The second-order valence-electron chi connectivity index (χ2n) is 8.36. The predicted octanol–water partition coefficient (Wildman–Crippen LogP) is 4.04. The van der Waals surface area contributed by atoms with Gasteiger partial charge >= 0.3 is 0 Å². The highest BCUT2D eigenvalue weighted by Crippen LogP contribution is 2.24. The Labute approximate surface area is 198 Å². The maximum absolute atomic E-state index is 11.7. The molecule has 1 saturated heterocycles. The molecule has 1 aliphatic rings. The van der Waals surface area contributed by atoms with E-state index in [0.717, 1.165) is 48.6 Å². The second kappa shape index (κ2) is 9.36. The Morgan fingerprint density at radius 1 is 1.00 bits per heavy atom. The van der Waals surface area contributed by atoms with Gasteiger partial charge in [-0.15, -0.1) is 0 Å². The van der Waals surface area contributed by atoms with Crippen LogP contribution in [0, 0.1) is 0 Å². The molecule has 1 amide bonds. The first-order valence-corrected chi connectivity index (χ1v) is 11.3. The van der Waals surface area contributed by atoms with Crippen LogP contribution in [0.1, 0.15) is 0 Å². The summed E-state index contributed by atoms with van der Waals surface area (Å²) in [5.41, 5.74) is 4.52. The number of nitrogens with zero attached hydrogens (tertiary/aromatic N) is 5. The number of hydrogen-bond acceptors (Lipinski definition) is 6. The number of carbonyl (C=O) groups is 1. The molecule has 0 radical (unpaired) electrons. The molecule has 0 atom stereocenters. The number of rotatable bonds is 6. The van der Waals surface area contributed by atoms with E-state index in [0.29, 0.717) is 11.6 Å². The third-order valence-electron chi connectivity index (χ3n) is 6.00. The third-order valence-corrected chi connectivity index (χ3v) is 6.00. The van der Waals surface area contributed by atoms with E-state index in [2.05, 4.69) is 63.3 Å². The van der Waals surface area contributed by atoms with Crippen LogP contribution in [-0.2, 0) is 4.79 Å². The highest BCUT2D eigenvalue weighted by Gasteiger charge is 2.14. The summed E-state index contributed by atoms with van der Waals surface area (Å²) in [6.07, 6.45) is 5.01. The Morgan fingerprint density at radius 3 is 2.56 bits per heavy atom. The van der Waals surface area contributed by atoms with Crippen LogP contribution in [0.15, 0.2) is 79.6 Å². The van der Waals surface area contributed by atoms with Crippen molar-refractivity contribution in [1.29, 1.82) is 0 Å². The number of carbonyl (C=O) groups excluding carboxylic acids is 1. The summed E-state index contributed by atoms with van der Waals surface area (Å²) in [5.74, 6) is 0.276. The molecule has 1 aliphatic heterocycles. The van der Waals surface area contributed by atoms with Crippen LogP contribution in [0.3, 0.4) is 0 Å². The van der Waals surface area contributed by atoms with E-state index in [4.69, 9.17) is 4.98 Å². The minimum absolute atomic E-state index is 0.248. The van der Waals surface area contributed by atoms with Crippen LogP contribution in [0.4, 0.5) is 23.0 Å². The molecule has 3 heterocycles. The average molecular weight is 454 g/mol. The Balaban J connectivity index is 1.36. The van der Waals surface area contributed by atoms with Gasteiger partial charge in [0, 0.05) is 66.7 Å². The van der Waals surface area contributed by atoms with Crippen LogP contribution in [-0.4, -0.2) is 58.6 Å². The van der Waals surface area contributed by atoms with E-state index in [9.17, 15) is 4.79 Å². The van der Waals surface area contributed by atoms with Gasteiger partial charge in [-0.2, -0.15) is 4.98 Å². The minimum atomic E-state index is -0.248. The summed E-state index contributed by atoms with van der Waals surface area (Å²) < 4.78 is 1.97. The maximum Gasteiger partial charge on any atom is 0.247 e.